The highest BCUT2D eigenvalue weighted by Crippen LogP contribution is 2.24. The first-order chi connectivity index (χ1) is 7.63. The number of nitrogens with zero attached hydrogens (tertiary/aromatic N) is 1. The van der Waals surface area contributed by atoms with Gasteiger partial charge in [-0.2, -0.15) is 0 Å². The van der Waals surface area contributed by atoms with Crippen molar-refractivity contribution in [1.29, 1.82) is 0 Å². The van der Waals surface area contributed by atoms with Gasteiger partial charge in [-0.1, -0.05) is 18.5 Å². The summed E-state index contributed by atoms with van der Waals surface area (Å²) in [5.41, 5.74) is 1.05. The monoisotopic (exact) mass is 235 g/mol. The Morgan fingerprint density at radius 2 is 2.19 bits per heavy atom. The number of aromatic nitrogens is 1. The first kappa shape index (κ1) is 11.2. The van der Waals surface area contributed by atoms with Crippen LogP contribution in [0.15, 0.2) is 30.5 Å². The van der Waals surface area contributed by atoms with Crippen LogP contribution in [0.4, 0.5) is 0 Å². The number of Topliss-reactive ketones (excluding diaryl/α,β-unsaturated/α-hetero) is 1. The molecular formula is C13H14ClNO. The van der Waals surface area contributed by atoms with E-state index in [1.807, 2.05) is 48.9 Å². The summed E-state index contributed by atoms with van der Waals surface area (Å²) in [7, 11) is 0. The van der Waals surface area contributed by atoms with E-state index in [-0.39, 0.29) is 11.8 Å². The number of carbonyl (C=O) groups is 1. The van der Waals surface area contributed by atoms with Crippen molar-refractivity contribution >= 4 is 28.3 Å². The van der Waals surface area contributed by atoms with Crippen LogP contribution in [0.1, 0.15) is 26.3 Å². The summed E-state index contributed by atoms with van der Waals surface area (Å²) in [6.07, 6.45) is 2.51. The van der Waals surface area contributed by atoms with Crippen LogP contribution >= 0.6 is 11.6 Å². The standard InChI is InChI=1S/C13H14ClNO/c1-3-13(16)9(2)15-7-6-10-8-11(14)4-5-12(10)15/h4-9H,3H2,1-2H3. The molecule has 3 heteroatoms. The molecule has 16 heavy (non-hydrogen) atoms. The zero-order valence-corrected chi connectivity index (χ0v) is 10.2. The van der Waals surface area contributed by atoms with Gasteiger partial charge in [-0.15, -0.1) is 0 Å². The van der Waals surface area contributed by atoms with Crippen LogP contribution in [-0.4, -0.2) is 10.4 Å². The highest BCUT2D eigenvalue weighted by molar-refractivity contribution is 6.31. The first-order valence-corrected chi connectivity index (χ1v) is 5.80. The molecule has 2 rings (SSSR count). The van der Waals surface area contributed by atoms with Crippen molar-refractivity contribution in [2.75, 3.05) is 0 Å². The zero-order valence-electron chi connectivity index (χ0n) is 9.40. The van der Waals surface area contributed by atoms with Crippen LogP contribution in [0, 0.1) is 0 Å². The van der Waals surface area contributed by atoms with Crippen LogP contribution < -0.4 is 0 Å². The lowest BCUT2D eigenvalue weighted by molar-refractivity contribution is -0.121. The summed E-state index contributed by atoms with van der Waals surface area (Å²) in [5, 5.41) is 1.79. The molecule has 0 aliphatic rings. The van der Waals surface area contributed by atoms with E-state index in [1.54, 1.807) is 0 Å². The van der Waals surface area contributed by atoms with Gasteiger partial charge >= 0.3 is 0 Å². The second-order valence-corrected chi connectivity index (χ2v) is 4.36. The predicted molar refractivity (Wildman–Crippen MR) is 67.0 cm³/mol. The average Bonchev–Trinajstić information content (AvgIpc) is 2.69. The molecule has 0 amide bonds. The van der Waals surface area contributed by atoms with Crippen LogP contribution in [0.3, 0.4) is 0 Å². The van der Waals surface area contributed by atoms with Gasteiger partial charge in [-0.3, -0.25) is 4.79 Å². The maximum atomic E-state index is 11.7. The van der Waals surface area contributed by atoms with E-state index in [9.17, 15) is 4.79 Å². The number of benzene rings is 1. The van der Waals surface area contributed by atoms with Gasteiger partial charge in [0.25, 0.3) is 0 Å². The minimum Gasteiger partial charge on any atom is -0.337 e. The van der Waals surface area contributed by atoms with E-state index in [4.69, 9.17) is 11.6 Å². The second-order valence-electron chi connectivity index (χ2n) is 3.92. The minimum atomic E-state index is -0.108. The smallest absolute Gasteiger partial charge is 0.155 e. The molecule has 0 saturated carbocycles. The summed E-state index contributed by atoms with van der Waals surface area (Å²) in [5.74, 6) is 0.243. The largest absolute Gasteiger partial charge is 0.337 e. The molecule has 1 aromatic heterocycles. The molecule has 1 heterocycles. The molecule has 0 spiro atoms. The van der Waals surface area contributed by atoms with Gasteiger partial charge in [0.1, 0.15) is 0 Å². The maximum Gasteiger partial charge on any atom is 0.155 e. The molecule has 1 atom stereocenters. The fourth-order valence-corrected chi connectivity index (χ4v) is 2.10. The maximum absolute atomic E-state index is 11.7. The normalized spacial score (nSPS) is 12.9. The van der Waals surface area contributed by atoms with Crippen molar-refractivity contribution in [1.82, 2.24) is 4.57 Å². The van der Waals surface area contributed by atoms with Crippen molar-refractivity contribution in [3.05, 3.63) is 35.5 Å². The van der Waals surface area contributed by atoms with E-state index in [1.165, 1.54) is 0 Å². The molecule has 0 N–H and O–H groups in total. The van der Waals surface area contributed by atoms with Crippen molar-refractivity contribution in [3.63, 3.8) is 0 Å². The average molecular weight is 236 g/mol. The van der Waals surface area contributed by atoms with Gasteiger partial charge in [-0.05, 0) is 31.2 Å². The number of carbonyl (C=O) groups excluding carboxylic acids is 1. The number of rotatable bonds is 3. The Morgan fingerprint density at radius 1 is 1.44 bits per heavy atom. The molecule has 0 bridgehead atoms. The third kappa shape index (κ3) is 1.85. The Balaban J connectivity index is 2.50. The third-order valence-corrected chi connectivity index (χ3v) is 3.15. The van der Waals surface area contributed by atoms with Crippen LogP contribution in [-0.2, 0) is 4.79 Å². The van der Waals surface area contributed by atoms with Crippen LogP contribution in [0.25, 0.3) is 10.9 Å². The van der Waals surface area contributed by atoms with E-state index in [0.717, 1.165) is 15.9 Å². The third-order valence-electron chi connectivity index (χ3n) is 2.91. The number of fused-ring (bicyclic) bond motifs is 1. The molecule has 2 aromatic rings. The summed E-state index contributed by atoms with van der Waals surface area (Å²) in [4.78, 5) is 11.7. The predicted octanol–water partition coefficient (Wildman–Crippen LogP) is 3.83. The number of halogens is 1. The van der Waals surface area contributed by atoms with Gasteiger partial charge in [0, 0.05) is 28.5 Å². The Labute approximate surface area is 99.8 Å². The molecule has 84 valence electrons. The molecule has 0 fully saturated rings. The van der Waals surface area contributed by atoms with E-state index in [0.29, 0.717) is 6.42 Å². The highest BCUT2D eigenvalue weighted by Gasteiger charge is 2.14. The van der Waals surface area contributed by atoms with E-state index in [2.05, 4.69) is 0 Å². The molecular weight excluding hydrogens is 222 g/mol. The highest BCUT2D eigenvalue weighted by atomic mass is 35.5. The minimum absolute atomic E-state index is 0.108. The summed E-state index contributed by atoms with van der Waals surface area (Å²) in [6.45, 7) is 3.82. The van der Waals surface area contributed by atoms with Crippen molar-refractivity contribution in [2.45, 2.75) is 26.3 Å². The van der Waals surface area contributed by atoms with Gasteiger partial charge < -0.3 is 4.57 Å². The summed E-state index contributed by atoms with van der Waals surface area (Å²) in [6, 6.07) is 7.60. The fraction of sp³-hybridized carbons (Fsp3) is 0.308. The molecule has 0 radical (unpaired) electrons. The summed E-state index contributed by atoms with van der Waals surface area (Å²) >= 11 is 5.92. The Kier molecular flexibility index (Phi) is 3.01. The second kappa shape index (κ2) is 4.30. The van der Waals surface area contributed by atoms with Gasteiger partial charge in [-0.25, -0.2) is 0 Å². The zero-order chi connectivity index (χ0) is 11.7. The lowest BCUT2D eigenvalue weighted by Crippen LogP contribution is -2.14. The molecule has 1 unspecified atom stereocenters. The number of hydrogen-bond donors (Lipinski definition) is 0. The van der Waals surface area contributed by atoms with Gasteiger partial charge in [0.05, 0.1) is 6.04 Å². The topological polar surface area (TPSA) is 22.0 Å². The van der Waals surface area contributed by atoms with Gasteiger partial charge in [0.15, 0.2) is 5.78 Å². The van der Waals surface area contributed by atoms with Crippen LogP contribution in [0.2, 0.25) is 5.02 Å². The van der Waals surface area contributed by atoms with Crippen molar-refractivity contribution in [3.8, 4) is 0 Å². The number of ketones is 1. The molecule has 0 aliphatic heterocycles. The van der Waals surface area contributed by atoms with Crippen LogP contribution in [0.5, 0.6) is 0 Å². The Bertz CT molecular complexity index is 530. The Hall–Kier alpha value is -1.28. The molecule has 1 aromatic carbocycles. The molecule has 0 saturated heterocycles. The quantitative estimate of drug-likeness (QED) is 0.793. The van der Waals surface area contributed by atoms with E-state index < -0.39 is 0 Å². The van der Waals surface area contributed by atoms with Crippen molar-refractivity contribution in [2.24, 2.45) is 0 Å². The summed E-state index contributed by atoms with van der Waals surface area (Å²) < 4.78 is 2.00. The lowest BCUT2D eigenvalue weighted by atomic mass is 10.1. The molecule has 0 aliphatic carbocycles. The van der Waals surface area contributed by atoms with E-state index >= 15 is 0 Å². The number of hydrogen-bond acceptors (Lipinski definition) is 1. The first-order valence-electron chi connectivity index (χ1n) is 5.42. The lowest BCUT2D eigenvalue weighted by Gasteiger charge is -2.13. The molecule has 2 nitrogen and oxygen atoms in total. The Morgan fingerprint density at radius 3 is 2.88 bits per heavy atom. The fourth-order valence-electron chi connectivity index (χ4n) is 1.92. The van der Waals surface area contributed by atoms with Crippen molar-refractivity contribution < 1.29 is 4.79 Å². The SMILES string of the molecule is CCC(=O)C(C)n1ccc2cc(Cl)ccc21. The van der Waals surface area contributed by atoms with Gasteiger partial charge in [0.2, 0.25) is 0 Å².